The zero-order chi connectivity index (χ0) is 24.6. The van der Waals surface area contributed by atoms with E-state index < -0.39 is 0 Å². The number of fused-ring (bicyclic) bond motifs is 1. The lowest BCUT2D eigenvalue weighted by Crippen LogP contribution is -2.39. The molecule has 1 saturated heterocycles. The Labute approximate surface area is 210 Å². The van der Waals surface area contributed by atoms with Crippen molar-refractivity contribution in [2.24, 2.45) is 0 Å². The third kappa shape index (κ3) is 6.22. The van der Waals surface area contributed by atoms with Crippen LogP contribution in [0.2, 0.25) is 0 Å². The molecule has 9 heteroatoms. The van der Waals surface area contributed by atoms with Crippen molar-refractivity contribution in [3.05, 3.63) is 42.0 Å². The second-order valence-electron chi connectivity index (χ2n) is 8.12. The zero-order valence-electron chi connectivity index (χ0n) is 20.6. The molecule has 1 aliphatic rings. The molecule has 1 fully saturated rings. The predicted molar refractivity (Wildman–Crippen MR) is 139 cm³/mol. The Hall–Kier alpha value is -2.88. The molecule has 0 atom stereocenters. The summed E-state index contributed by atoms with van der Waals surface area (Å²) < 4.78 is 23.2. The number of benzene rings is 2. The van der Waals surface area contributed by atoms with Gasteiger partial charge >= 0.3 is 0 Å². The standard InChI is InChI=1S/C26H33N3O5S/c1-4-33-22-9-7-19(17-23(22)34-5-2)25(30)29(12-6-11-28-13-15-32-16-14-28)26-27-21-18-20(31-3)8-10-24(21)35-26/h7-10,17-18H,4-6,11-16H2,1-3H3. The van der Waals surface area contributed by atoms with E-state index in [1.54, 1.807) is 30.2 Å². The van der Waals surface area contributed by atoms with Crippen LogP contribution in [0.1, 0.15) is 30.6 Å². The molecule has 0 saturated carbocycles. The molecule has 0 unspecified atom stereocenters. The summed E-state index contributed by atoms with van der Waals surface area (Å²) in [7, 11) is 1.64. The molecule has 8 nitrogen and oxygen atoms in total. The first-order chi connectivity index (χ1) is 17.1. The first-order valence-electron chi connectivity index (χ1n) is 12.1. The lowest BCUT2D eigenvalue weighted by molar-refractivity contribution is 0.0376. The van der Waals surface area contributed by atoms with Crippen molar-refractivity contribution in [2.75, 3.05) is 64.6 Å². The van der Waals surface area contributed by atoms with Crippen LogP contribution >= 0.6 is 11.3 Å². The van der Waals surface area contributed by atoms with Crippen molar-refractivity contribution < 1.29 is 23.7 Å². The van der Waals surface area contributed by atoms with Gasteiger partial charge < -0.3 is 18.9 Å². The van der Waals surface area contributed by atoms with Crippen LogP contribution in [0.4, 0.5) is 5.13 Å². The van der Waals surface area contributed by atoms with Crippen molar-refractivity contribution >= 4 is 32.6 Å². The number of ether oxygens (including phenoxy) is 4. The first-order valence-corrected chi connectivity index (χ1v) is 12.9. The number of amides is 1. The molecule has 1 aliphatic heterocycles. The van der Waals surface area contributed by atoms with E-state index >= 15 is 0 Å². The van der Waals surface area contributed by atoms with Gasteiger partial charge in [-0.05, 0) is 50.6 Å². The van der Waals surface area contributed by atoms with E-state index in [4.69, 9.17) is 23.9 Å². The Bertz CT molecular complexity index is 1130. The van der Waals surface area contributed by atoms with Crippen LogP contribution in [-0.2, 0) is 4.74 Å². The zero-order valence-corrected chi connectivity index (χ0v) is 21.4. The van der Waals surface area contributed by atoms with Crippen molar-refractivity contribution in [3.8, 4) is 17.2 Å². The number of carbonyl (C=O) groups excluding carboxylic acids is 1. The topological polar surface area (TPSA) is 73.4 Å². The molecule has 0 spiro atoms. The maximum Gasteiger partial charge on any atom is 0.260 e. The van der Waals surface area contributed by atoms with Gasteiger partial charge in [-0.15, -0.1) is 0 Å². The summed E-state index contributed by atoms with van der Waals surface area (Å²) in [5.74, 6) is 1.84. The Morgan fingerprint density at radius 3 is 2.60 bits per heavy atom. The molecule has 4 rings (SSSR count). The molecule has 0 N–H and O–H groups in total. The molecule has 0 bridgehead atoms. The average Bonchev–Trinajstić information content (AvgIpc) is 3.31. The number of rotatable bonds is 11. The van der Waals surface area contributed by atoms with Gasteiger partial charge in [0.05, 0.1) is 43.8 Å². The van der Waals surface area contributed by atoms with Crippen LogP contribution in [0, 0.1) is 0 Å². The van der Waals surface area contributed by atoms with E-state index in [0.29, 0.717) is 42.0 Å². The predicted octanol–water partition coefficient (Wildman–Crippen LogP) is 4.47. The fourth-order valence-corrected chi connectivity index (χ4v) is 5.01. The molecule has 2 aromatic carbocycles. The van der Waals surface area contributed by atoms with Gasteiger partial charge in [-0.3, -0.25) is 14.6 Å². The van der Waals surface area contributed by atoms with E-state index in [9.17, 15) is 4.79 Å². The SMILES string of the molecule is CCOc1ccc(C(=O)N(CCCN2CCOCC2)c2nc3cc(OC)ccc3s2)cc1OCC. The monoisotopic (exact) mass is 499 g/mol. The van der Waals surface area contributed by atoms with Crippen LogP contribution < -0.4 is 19.1 Å². The van der Waals surface area contributed by atoms with Crippen molar-refractivity contribution in [1.82, 2.24) is 9.88 Å². The Morgan fingerprint density at radius 2 is 1.86 bits per heavy atom. The van der Waals surface area contributed by atoms with Gasteiger partial charge in [-0.25, -0.2) is 4.98 Å². The Morgan fingerprint density at radius 1 is 1.09 bits per heavy atom. The molecule has 0 radical (unpaired) electrons. The highest BCUT2D eigenvalue weighted by Crippen LogP contribution is 2.34. The van der Waals surface area contributed by atoms with Gasteiger partial charge in [0, 0.05) is 37.8 Å². The normalized spacial score (nSPS) is 14.1. The molecule has 35 heavy (non-hydrogen) atoms. The van der Waals surface area contributed by atoms with Gasteiger partial charge in [0.15, 0.2) is 16.6 Å². The van der Waals surface area contributed by atoms with E-state index in [-0.39, 0.29) is 5.91 Å². The van der Waals surface area contributed by atoms with Gasteiger partial charge in [0.1, 0.15) is 5.75 Å². The van der Waals surface area contributed by atoms with Crippen molar-refractivity contribution in [2.45, 2.75) is 20.3 Å². The number of morpholine rings is 1. The third-order valence-corrected chi connectivity index (χ3v) is 6.87. The molecule has 2 heterocycles. The fraction of sp³-hybridized carbons (Fsp3) is 0.462. The fourth-order valence-electron chi connectivity index (χ4n) is 4.04. The molecule has 0 aliphatic carbocycles. The van der Waals surface area contributed by atoms with Gasteiger partial charge in [0.25, 0.3) is 5.91 Å². The molecular formula is C26H33N3O5S. The summed E-state index contributed by atoms with van der Waals surface area (Å²) in [5, 5.41) is 0.673. The number of carbonyl (C=O) groups is 1. The van der Waals surface area contributed by atoms with Crippen LogP contribution in [0.3, 0.4) is 0 Å². The summed E-state index contributed by atoms with van der Waals surface area (Å²) in [5.41, 5.74) is 1.36. The number of methoxy groups -OCH3 is 1. The maximum atomic E-state index is 13.8. The molecule has 188 valence electrons. The van der Waals surface area contributed by atoms with Gasteiger partial charge in [-0.1, -0.05) is 11.3 Å². The number of anilines is 1. The van der Waals surface area contributed by atoms with Gasteiger partial charge in [-0.2, -0.15) is 0 Å². The van der Waals surface area contributed by atoms with Crippen LogP contribution in [0.15, 0.2) is 36.4 Å². The van der Waals surface area contributed by atoms with E-state index in [1.165, 1.54) is 11.3 Å². The minimum atomic E-state index is -0.109. The van der Waals surface area contributed by atoms with E-state index in [2.05, 4.69) is 4.90 Å². The highest BCUT2D eigenvalue weighted by Gasteiger charge is 2.23. The van der Waals surface area contributed by atoms with Gasteiger partial charge in [0.2, 0.25) is 0 Å². The molecule has 3 aromatic rings. The lowest BCUT2D eigenvalue weighted by Gasteiger charge is -2.27. The maximum absolute atomic E-state index is 13.8. The smallest absolute Gasteiger partial charge is 0.260 e. The second-order valence-corrected chi connectivity index (χ2v) is 9.13. The second kappa shape index (κ2) is 12.2. The number of thiazole rings is 1. The molecule has 1 amide bonds. The van der Waals surface area contributed by atoms with E-state index in [1.807, 2.05) is 32.0 Å². The lowest BCUT2D eigenvalue weighted by atomic mass is 10.1. The van der Waals surface area contributed by atoms with E-state index in [0.717, 1.165) is 55.2 Å². The minimum Gasteiger partial charge on any atom is -0.497 e. The molecular weight excluding hydrogens is 466 g/mol. The summed E-state index contributed by atoms with van der Waals surface area (Å²) in [6, 6.07) is 11.2. The Balaban J connectivity index is 1.61. The average molecular weight is 500 g/mol. The van der Waals surface area contributed by atoms with Crippen LogP contribution in [-0.4, -0.2) is 75.5 Å². The number of hydrogen-bond donors (Lipinski definition) is 0. The number of hydrogen-bond acceptors (Lipinski definition) is 8. The van der Waals surface area contributed by atoms with Crippen LogP contribution in [0.5, 0.6) is 17.2 Å². The largest absolute Gasteiger partial charge is 0.497 e. The third-order valence-electron chi connectivity index (χ3n) is 5.81. The van der Waals surface area contributed by atoms with Crippen molar-refractivity contribution in [3.63, 3.8) is 0 Å². The minimum absolute atomic E-state index is 0.109. The summed E-state index contributed by atoms with van der Waals surface area (Å²) in [4.78, 5) is 22.7. The van der Waals surface area contributed by atoms with Crippen LogP contribution in [0.25, 0.3) is 10.2 Å². The summed E-state index contributed by atoms with van der Waals surface area (Å²) in [6.45, 7) is 9.67. The number of aromatic nitrogens is 1. The highest BCUT2D eigenvalue weighted by molar-refractivity contribution is 7.22. The quantitative estimate of drug-likeness (QED) is 0.385. The highest BCUT2D eigenvalue weighted by atomic mass is 32.1. The summed E-state index contributed by atoms with van der Waals surface area (Å²) >= 11 is 1.51. The number of nitrogens with zero attached hydrogens (tertiary/aromatic N) is 3. The first kappa shape index (κ1) is 25.2. The molecule has 1 aromatic heterocycles. The Kier molecular flexibility index (Phi) is 8.79. The summed E-state index contributed by atoms with van der Waals surface area (Å²) in [6.07, 6.45) is 0.834. The van der Waals surface area contributed by atoms with Crippen molar-refractivity contribution in [1.29, 1.82) is 0 Å².